The van der Waals surface area contributed by atoms with Crippen molar-refractivity contribution >= 4 is 49.7 Å². The van der Waals surface area contributed by atoms with Crippen LogP contribution in [0.1, 0.15) is 145 Å². The minimum atomic E-state index is -1.08. The minimum absolute atomic E-state index is 0. The van der Waals surface area contributed by atoms with Gasteiger partial charge in [0.2, 0.25) is 0 Å². The van der Waals surface area contributed by atoms with Gasteiger partial charge in [0.05, 0.1) is 60.0 Å². The van der Waals surface area contributed by atoms with Crippen LogP contribution >= 0.6 is 0 Å². The fourth-order valence-electron chi connectivity index (χ4n) is 7.95. The van der Waals surface area contributed by atoms with Crippen molar-refractivity contribution in [3.8, 4) is 0 Å². The molecule has 4 fully saturated rings. The first-order valence-electron chi connectivity index (χ1n) is 19.0. The summed E-state index contributed by atoms with van der Waals surface area (Å²) in [5.41, 5.74) is 0.362. The van der Waals surface area contributed by atoms with Gasteiger partial charge in [0, 0.05) is 24.8 Å². The Balaban J connectivity index is 0.000000347. The summed E-state index contributed by atoms with van der Waals surface area (Å²) < 4.78 is 24.3. The van der Waals surface area contributed by atoms with E-state index in [9.17, 15) is 30.0 Å². The summed E-state index contributed by atoms with van der Waals surface area (Å²) in [6, 6.07) is 0. The largest absolute Gasteiger partial charge is 2.00 e. The van der Waals surface area contributed by atoms with Crippen LogP contribution in [-0.4, -0.2) is 120 Å². The first-order chi connectivity index (χ1) is 23.3. The van der Waals surface area contributed by atoms with Gasteiger partial charge in [-0.15, -0.1) is 0 Å². The van der Waals surface area contributed by atoms with E-state index >= 15 is 0 Å². The van der Waals surface area contributed by atoms with Crippen LogP contribution in [-0.2, 0) is 28.5 Å². The maximum atomic E-state index is 10.9. The predicted molar refractivity (Wildman–Crippen MR) is 194 cm³/mol. The number of allylic oxidation sites excluding steroid dienone is 2. The topological polar surface area (TPSA) is 158 Å². The maximum Gasteiger partial charge on any atom is 2.00 e. The molecule has 2 N–H and O–H groups in total. The van der Waals surface area contributed by atoms with Crippen LogP contribution in [0.25, 0.3) is 0 Å². The van der Waals surface area contributed by atoms with Crippen molar-refractivity contribution in [1.29, 1.82) is 0 Å². The summed E-state index contributed by atoms with van der Waals surface area (Å²) in [7, 11) is 0. The second-order valence-corrected chi connectivity index (χ2v) is 16.9. The average molecular weight is 747 g/mol. The van der Waals surface area contributed by atoms with E-state index in [1.807, 2.05) is 27.7 Å². The Morgan fingerprint density at radius 1 is 0.725 bits per heavy atom. The van der Waals surface area contributed by atoms with Crippen LogP contribution in [0, 0.1) is 11.8 Å². The van der Waals surface area contributed by atoms with Crippen molar-refractivity contribution in [1.82, 2.24) is 0 Å². The number of aliphatic carboxylic acids is 2. The third-order valence-electron chi connectivity index (χ3n) is 11.6. The molecule has 4 heterocycles. The molecule has 4 aliphatic heterocycles. The molecule has 10 nitrogen and oxygen atoms in total. The van der Waals surface area contributed by atoms with Gasteiger partial charge in [0.1, 0.15) is 0 Å². The van der Waals surface area contributed by atoms with Gasteiger partial charge in [-0.1, -0.05) is 50.0 Å². The van der Waals surface area contributed by atoms with E-state index < -0.39 is 23.1 Å². The number of ether oxygens (including phenoxy) is 4. The number of hydrogen-bond donors (Lipinski definition) is 2. The van der Waals surface area contributed by atoms with Crippen LogP contribution in [0.2, 0.25) is 0 Å². The molecule has 288 valence electrons. The van der Waals surface area contributed by atoms with Gasteiger partial charge < -0.3 is 49.0 Å². The summed E-state index contributed by atoms with van der Waals surface area (Å²) in [5.74, 6) is -1.67. The number of rotatable bonds is 18. The van der Waals surface area contributed by atoms with Gasteiger partial charge in [-0.05, 0) is 118 Å². The Hall–Kier alpha value is -0.560. The second kappa shape index (κ2) is 20.4. The molecule has 4 bridgehead atoms. The van der Waals surface area contributed by atoms with Gasteiger partial charge in [0.15, 0.2) is 0 Å². The molecule has 0 aromatic heterocycles. The average Bonchev–Trinajstić information content (AvgIpc) is 3.59. The Morgan fingerprint density at radius 3 is 1.39 bits per heavy atom. The smallest absolute Gasteiger partial charge is 0.550 e. The predicted octanol–water partition coefficient (Wildman–Crippen LogP) is 4.33. The van der Waals surface area contributed by atoms with Gasteiger partial charge in [-0.25, -0.2) is 0 Å². The molecular formula is C40H66CaO10. The molecule has 4 saturated heterocycles. The number of fused-ring (bicyclic) bond motifs is 4. The number of carboxylic acid groups (broad SMARTS) is 2. The minimum Gasteiger partial charge on any atom is -0.550 e. The fraction of sp³-hybridized carbons (Fsp3) is 0.850. The van der Waals surface area contributed by atoms with Crippen LogP contribution in [0.5, 0.6) is 0 Å². The van der Waals surface area contributed by atoms with E-state index in [2.05, 4.69) is 39.8 Å². The van der Waals surface area contributed by atoms with Gasteiger partial charge in [-0.3, -0.25) is 0 Å². The van der Waals surface area contributed by atoms with E-state index in [4.69, 9.17) is 18.9 Å². The molecule has 0 amide bonds. The number of aliphatic hydroxyl groups is 2. The van der Waals surface area contributed by atoms with E-state index in [1.165, 1.54) is 11.1 Å². The van der Waals surface area contributed by atoms with Gasteiger partial charge in [0.25, 0.3) is 0 Å². The standard InChI is InChI=1S/2C20H34O5.Ca/c2*1-14(2)7-8-16(21)15(3)6-5-10-19(4)17-9-11-20(25-17,13-24-19)12-18(22)23;/h2*7,15-17,21H,5-6,8-13H2,1-4H3,(H,22,23);/q;;+2/p-2. The molecule has 4 rings (SSSR count). The van der Waals surface area contributed by atoms with E-state index in [-0.39, 0.29) is 98.0 Å². The van der Waals surface area contributed by atoms with Crippen molar-refractivity contribution < 1.29 is 49.0 Å². The molecular weight excluding hydrogens is 681 g/mol. The van der Waals surface area contributed by atoms with Crippen molar-refractivity contribution in [2.45, 2.75) is 192 Å². The van der Waals surface area contributed by atoms with Crippen molar-refractivity contribution in [3.63, 3.8) is 0 Å². The third-order valence-corrected chi connectivity index (χ3v) is 11.6. The fourth-order valence-corrected chi connectivity index (χ4v) is 7.95. The van der Waals surface area contributed by atoms with Gasteiger partial charge in [-0.2, -0.15) is 0 Å². The number of carbonyl (C=O) groups is 2. The first kappa shape index (κ1) is 46.6. The molecule has 11 heteroatoms. The van der Waals surface area contributed by atoms with Crippen molar-refractivity contribution in [2.24, 2.45) is 11.8 Å². The summed E-state index contributed by atoms with van der Waals surface area (Å²) in [6.45, 7) is 17.1. The molecule has 0 spiro atoms. The zero-order valence-electron chi connectivity index (χ0n) is 32.8. The van der Waals surface area contributed by atoms with Gasteiger partial charge >= 0.3 is 37.7 Å². The number of carboxylic acids is 2. The summed E-state index contributed by atoms with van der Waals surface area (Å²) >= 11 is 0. The van der Waals surface area contributed by atoms with Crippen molar-refractivity contribution in [2.75, 3.05) is 13.2 Å². The molecule has 10 atom stereocenters. The molecule has 0 saturated carbocycles. The number of carbonyl (C=O) groups excluding carboxylic acids is 2. The molecule has 4 aliphatic rings. The summed E-state index contributed by atoms with van der Waals surface area (Å²) in [5, 5.41) is 42.3. The maximum absolute atomic E-state index is 10.9. The van der Waals surface area contributed by atoms with Crippen LogP contribution in [0.4, 0.5) is 0 Å². The molecule has 51 heavy (non-hydrogen) atoms. The third kappa shape index (κ3) is 13.9. The zero-order chi connectivity index (χ0) is 37.3. The van der Waals surface area contributed by atoms with Crippen LogP contribution < -0.4 is 10.2 Å². The summed E-state index contributed by atoms with van der Waals surface area (Å²) in [6.07, 6.45) is 13.3. The Labute approximate surface area is 337 Å². The quantitative estimate of drug-likeness (QED) is 0.153. The van der Waals surface area contributed by atoms with E-state index in [0.29, 0.717) is 26.1 Å². The van der Waals surface area contributed by atoms with E-state index in [1.54, 1.807) is 0 Å². The molecule has 0 radical (unpaired) electrons. The number of aliphatic hydroxyl groups excluding tert-OH is 2. The zero-order valence-corrected chi connectivity index (χ0v) is 35.0. The monoisotopic (exact) mass is 746 g/mol. The Bertz CT molecular complexity index is 1090. The normalized spacial score (nSPS) is 33.1. The molecule has 10 unspecified atom stereocenters. The van der Waals surface area contributed by atoms with Crippen LogP contribution in [0.15, 0.2) is 23.3 Å². The first-order valence-corrected chi connectivity index (χ1v) is 19.0. The Morgan fingerprint density at radius 2 is 1.08 bits per heavy atom. The molecule has 0 aliphatic carbocycles. The number of hydrogen-bond acceptors (Lipinski definition) is 10. The molecule has 0 aromatic rings. The van der Waals surface area contributed by atoms with E-state index in [0.717, 1.165) is 64.2 Å². The summed E-state index contributed by atoms with van der Waals surface area (Å²) in [4.78, 5) is 21.9. The molecule has 0 aromatic carbocycles. The SMILES string of the molecule is CC(C)=CCC(O)C(C)CCCC1(C)OCC2(CC(=O)[O-])CCC1O2.CC(C)=CCC(O)C(C)CCCC1(C)OCC2(CC(=O)[O-])CCC1O2.[Ca+2]. The Kier molecular flexibility index (Phi) is 18.6. The van der Waals surface area contributed by atoms with Crippen molar-refractivity contribution in [3.05, 3.63) is 23.3 Å². The van der Waals surface area contributed by atoms with Crippen LogP contribution in [0.3, 0.4) is 0 Å². The second-order valence-electron chi connectivity index (χ2n) is 16.9.